The Morgan fingerprint density at radius 2 is 1.35 bits per heavy atom. The van der Waals surface area contributed by atoms with E-state index in [1.807, 2.05) is 30.3 Å². The number of halogens is 1. The Labute approximate surface area is 114 Å². The molecule has 1 nitrogen and oxygen atoms in total. The third kappa shape index (κ3) is 8.25. The van der Waals surface area contributed by atoms with Crippen LogP contribution in [-0.4, -0.2) is 11.9 Å². The van der Waals surface area contributed by atoms with Gasteiger partial charge in [0, 0.05) is 5.33 Å². The van der Waals surface area contributed by atoms with Crippen molar-refractivity contribution in [2.24, 2.45) is 0 Å². The van der Waals surface area contributed by atoms with Gasteiger partial charge in [-0.1, -0.05) is 66.2 Å². The zero-order valence-electron chi connectivity index (χ0n) is 10.5. The Morgan fingerprint density at radius 3 is 2.00 bits per heavy atom. The molecule has 0 aliphatic carbocycles. The molecule has 0 aliphatic heterocycles. The molecule has 0 aliphatic rings. The first-order chi connectivity index (χ1) is 8.43. The van der Waals surface area contributed by atoms with Crippen LogP contribution in [0.3, 0.4) is 0 Å². The lowest BCUT2D eigenvalue weighted by Crippen LogP contribution is -1.96. The highest BCUT2D eigenvalue weighted by atomic mass is 79.9. The number of rotatable bonds is 10. The highest BCUT2D eigenvalue weighted by Gasteiger charge is 1.93. The van der Waals surface area contributed by atoms with E-state index in [2.05, 4.69) is 15.9 Å². The topological polar surface area (TPSA) is 9.23 Å². The van der Waals surface area contributed by atoms with Gasteiger partial charge in [0.2, 0.25) is 0 Å². The van der Waals surface area contributed by atoms with E-state index < -0.39 is 0 Å². The molecule has 0 aromatic heterocycles. The molecule has 0 spiro atoms. The lowest BCUT2D eigenvalue weighted by atomic mass is 10.1. The van der Waals surface area contributed by atoms with Crippen LogP contribution in [-0.2, 0) is 0 Å². The molecule has 0 fully saturated rings. The van der Waals surface area contributed by atoms with E-state index in [0.717, 1.165) is 17.7 Å². The van der Waals surface area contributed by atoms with Gasteiger partial charge in [0.25, 0.3) is 0 Å². The third-order valence-electron chi connectivity index (χ3n) is 2.79. The lowest BCUT2D eigenvalue weighted by molar-refractivity contribution is 0.304. The van der Waals surface area contributed by atoms with Crippen molar-refractivity contribution in [3.63, 3.8) is 0 Å². The van der Waals surface area contributed by atoms with Gasteiger partial charge < -0.3 is 4.74 Å². The second-order valence-corrected chi connectivity index (χ2v) is 5.12. The Morgan fingerprint density at radius 1 is 0.765 bits per heavy atom. The van der Waals surface area contributed by atoms with Crippen LogP contribution in [0.15, 0.2) is 30.3 Å². The minimum Gasteiger partial charge on any atom is -0.494 e. The molecule has 0 saturated heterocycles. The van der Waals surface area contributed by atoms with Crippen LogP contribution < -0.4 is 4.74 Å². The molecule has 1 aromatic carbocycles. The molecule has 96 valence electrons. The summed E-state index contributed by atoms with van der Waals surface area (Å²) in [5.41, 5.74) is 0. The van der Waals surface area contributed by atoms with Crippen LogP contribution in [0.1, 0.15) is 44.9 Å². The van der Waals surface area contributed by atoms with Gasteiger partial charge in [-0.25, -0.2) is 0 Å². The molecule has 0 saturated carbocycles. The Bertz CT molecular complexity index is 261. The van der Waals surface area contributed by atoms with Crippen molar-refractivity contribution in [3.8, 4) is 5.75 Å². The number of hydrogen-bond donors (Lipinski definition) is 0. The summed E-state index contributed by atoms with van der Waals surface area (Å²) in [6.45, 7) is 0.853. The summed E-state index contributed by atoms with van der Waals surface area (Å²) >= 11 is 3.46. The largest absolute Gasteiger partial charge is 0.494 e. The number of unbranched alkanes of at least 4 members (excludes halogenated alkanes) is 6. The van der Waals surface area contributed by atoms with Crippen LogP contribution in [0.4, 0.5) is 0 Å². The predicted molar refractivity (Wildman–Crippen MR) is 78.1 cm³/mol. The van der Waals surface area contributed by atoms with Gasteiger partial charge in [0.15, 0.2) is 0 Å². The van der Waals surface area contributed by atoms with Crippen molar-refractivity contribution in [2.45, 2.75) is 44.9 Å². The molecule has 1 rings (SSSR count). The first-order valence-electron chi connectivity index (χ1n) is 6.67. The molecule has 0 bridgehead atoms. The number of benzene rings is 1. The number of hydrogen-bond acceptors (Lipinski definition) is 1. The second-order valence-electron chi connectivity index (χ2n) is 4.33. The SMILES string of the molecule is BrCCCCCCCCCOc1ccccc1. The van der Waals surface area contributed by atoms with E-state index in [0.29, 0.717) is 0 Å². The van der Waals surface area contributed by atoms with Crippen molar-refractivity contribution < 1.29 is 4.74 Å². The summed E-state index contributed by atoms with van der Waals surface area (Å²) in [4.78, 5) is 0. The van der Waals surface area contributed by atoms with Gasteiger partial charge in [-0.05, 0) is 25.0 Å². The average Bonchev–Trinajstić information content (AvgIpc) is 2.38. The first kappa shape index (κ1) is 14.6. The van der Waals surface area contributed by atoms with Crippen LogP contribution >= 0.6 is 15.9 Å². The fourth-order valence-electron chi connectivity index (χ4n) is 1.79. The van der Waals surface area contributed by atoms with Crippen molar-refractivity contribution in [1.82, 2.24) is 0 Å². The molecule has 2 heteroatoms. The zero-order chi connectivity index (χ0) is 12.2. The van der Waals surface area contributed by atoms with Gasteiger partial charge in [-0.2, -0.15) is 0 Å². The molecule has 17 heavy (non-hydrogen) atoms. The van der Waals surface area contributed by atoms with E-state index in [9.17, 15) is 0 Å². The van der Waals surface area contributed by atoms with Crippen molar-refractivity contribution in [3.05, 3.63) is 30.3 Å². The summed E-state index contributed by atoms with van der Waals surface area (Å²) in [6, 6.07) is 10.1. The number of para-hydroxylation sites is 1. The quantitative estimate of drug-likeness (QED) is 0.426. The maximum absolute atomic E-state index is 5.64. The first-order valence-corrected chi connectivity index (χ1v) is 7.79. The molecule has 0 heterocycles. The zero-order valence-corrected chi connectivity index (χ0v) is 12.1. The van der Waals surface area contributed by atoms with Crippen LogP contribution in [0.25, 0.3) is 0 Å². The van der Waals surface area contributed by atoms with Gasteiger partial charge in [0.1, 0.15) is 5.75 Å². The van der Waals surface area contributed by atoms with E-state index in [1.165, 1.54) is 44.9 Å². The summed E-state index contributed by atoms with van der Waals surface area (Å²) < 4.78 is 5.64. The summed E-state index contributed by atoms with van der Waals surface area (Å²) in [6.07, 6.45) is 9.25. The Balaban J connectivity index is 1.85. The highest BCUT2D eigenvalue weighted by Crippen LogP contribution is 2.11. The molecule has 0 amide bonds. The predicted octanol–water partition coefficient (Wildman–Crippen LogP) is 5.19. The molecular weight excluding hydrogens is 276 g/mol. The van der Waals surface area contributed by atoms with Crippen LogP contribution in [0, 0.1) is 0 Å². The average molecular weight is 299 g/mol. The third-order valence-corrected chi connectivity index (χ3v) is 3.35. The van der Waals surface area contributed by atoms with Crippen molar-refractivity contribution >= 4 is 15.9 Å². The minimum atomic E-state index is 0.853. The van der Waals surface area contributed by atoms with Gasteiger partial charge in [-0.3, -0.25) is 0 Å². The molecule has 0 N–H and O–H groups in total. The summed E-state index contributed by atoms with van der Waals surface area (Å²) in [5, 5.41) is 1.15. The fourth-order valence-corrected chi connectivity index (χ4v) is 2.18. The number of alkyl halides is 1. The highest BCUT2D eigenvalue weighted by molar-refractivity contribution is 9.09. The van der Waals surface area contributed by atoms with Crippen LogP contribution in [0.2, 0.25) is 0 Å². The fraction of sp³-hybridized carbons (Fsp3) is 0.600. The molecular formula is C15H23BrO. The van der Waals surface area contributed by atoms with Crippen LogP contribution in [0.5, 0.6) is 5.75 Å². The van der Waals surface area contributed by atoms with Gasteiger partial charge >= 0.3 is 0 Å². The summed E-state index contributed by atoms with van der Waals surface area (Å²) in [5.74, 6) is 0.991. The van der Waals surface area contributed by atoms with E-state index >= 15 is 0 Å². The van der Waals surface area contributed by atoms with E-state index in [4.69, 9.17) is 4.74 Å². The maximum Gasteiger partial charge on any atom is 0.119 e. The molecule has 0 atom stereocenters. The summed E-state index contributed by atoms with van der Waals surface area (Å²) in [7, 11) is 0. The van der Waals surface area contributed by atoms with Crippen molar-refractivity contribution in [1.29, 1.82) is 0 Å². The number of ether oxygens (including phenoxy) is 1. The second kappa shape index (κ2) is 10.6. The maximum atomic E-state index is 5.64. The monoisotopic (exact) mass is 298 g/mol. The van der Waals surface area contributed by atoms with Gasteiger partial charge in [-0.15, -0.1) is 0 Å². The lowest BCUT2D eigenvalue weighted by Gasteiger charge is -2.05. The van der Waals surface area contributed by atoms with E-state index in [1.54, 1.807) is 0 Å². The normalized spacial score (nSPS) is 10.4. The smallest absolute Gasteiger partial charge is 0.119 e. The Kier molecular flexibility index (Phi) is 9.11. The van der Waals surface area contributed by atoms with E-state index in [-0.39, 0.29) is 0 Å². The Hall–Kier alpha value is -0.500. The minimum absolute atomic E-state index is 0.853. The molecule has 1 aromatic rings. The molecule has 0 radical (unpaired) electrons. The van der Waals surface area contributed by atoms with Gasteiger partial charge in [0.05, 0.1) is 6.61 Å². The van der Waals surface area contributed by atoms with Crippen molar-refractivity contribution in [2.75, 3.05) is 11.9 Å². The molecule has 0 unspecified atom stereocenters. The standard InChI is InChI=1S/C15H23BrO/c16-13-9-4-2-1-3-5-10-14-17-15-11-7-6-8-12-15/h6-8,11-12H,1-5,9-10,13-14H2.